The molecular weight excluding hydrogens is 636 g/mol. The van der Waals surface area contributed by atoms with Crippen molar-refractivity contribution in [3.05, 3.63) is 96.1 Å². The molecule has 13 nitrogen and oxygen atoms in total. The summed E-state index contributed by atoms with van der Waals surface area (Å²) in [5.74, 6) is -0.814. The first-order valence-electron chi connectivity index (χ1n) is 15.6. The van der Waals surface area contributed by atoms with Gasteiger partial charge in [-0.3, -0.25) is 20.4 Å². The number of benzene rings is 4. The molecule has 0 saturated carbocycles. The van der Waals surface area contributed by atoms with Gasteiger partial charge in [-0.2, -0.15) is 0 Å². The molecule has 3 aliphatic rings. The van der Waals surface area contributed by atoms with E-state index in [4.69, 9.17) is 4.74 Å². The summed E-state index contributed by atoms with van der Waals surface area (Å²) in [6, 6.07) is 22.8. The van der Waals surface area contributed by atoms with Gasteiger partial charge in [0.05, 0.1) is 11.1 Å². The predicted molar refractivity (Wildman–Crippen MR) is 177 cm³/mol. The lowest BCUT2D eigenvalue weighted by atomic mass is 10.1. The fraction of sp³-hybridized carbons (Fsp3) is 0.235. The largest absolute Gasteiger partial charge is 0.508 e. The number of anilines is 2. The Balaban J connectivity index is 1.06. The lowest BCUT2D eigenvalue weighted by molar-refractivity contribution is 0.0768. The number of ether oxygens (including phenoxy) is 1. The van der Waals surface area contributed by atoms with Crippen LogP contribution in [0, 0.1) is 0 Å². The molecular formula is C34H34N6O7S. The van der Waals surface area contributed by atoms with Crippen molar-refractivity contribution in [3.8, 4) is 23.0 Å². The topological polar surface area (TPSA) is 155 Å². The molecule has 7 rings (SSSR count). The van der Waals surface area contributed by atoms with E-state index in [0.29, 0.717) is 52.4 Å². The van der Waals surface area contributed by atoms with Crippen molar-refractivity contribution in [1.29, 1.82) is 0 Å². The minimum atomic E-state index is -4.37. The van der Waals surface area contributed by atoms with Gasteiger partial charge in [-0.05, 0) is 72.8 Å². The van der Waals surface area contributed by atoms with E-state index in [9.17, 15) is 28.2 Å². The lowest BCUT2D eigenvalue weighted by Gasteiger charge is -2.36. The van der Waals surface area contributed by atoms with Crippen LogP contribution in [-0.2, 0) is 9.84 Å². The molecule has 248 valence electrons. The molecule has 2 fully saturated rings. The number of fused-ring (bicyclic) bond motifs is 2. The van der Waals surface area contributed by atoms with Crippen molar-refractivity contribution < 1.29 is 33.0 Å². The molecule has 3 aliphatic heterocycles. The summed E-state index contributed by atoms with van der Waals surface area (Å²) in [6.07, 6.45) is 0. The Hall–Kier alpha value is -5.31. The van der Waals surface area contributed by atoms with Crippen LogP contribution < -0.4 is 25.4 Å². The molecule has 0 atom stereocenters. The van der Waals surface area contributed by atoms with E-state index in [2.05, 4.69) is 20.7 Å². The van der Waals surface area contributed by atoms with E-state index in [-0.39, 0.29) is 43.9 Å². The quantitative estimate of drug-likeness (QED) is 0.211. The fourth-order valence-corrected chi connectivity index (χ4v) is 8.07. The Morgan fingerprint density at radius 3 is 1.31 bits per heavy atom. The smallest absolute Gasteiger partial charge is 0.267 e. The van der Waals surface area contributed by atoms with Crippen molar-refractivity contribution in [2.24, 2.45) is 0 Å². The highest BCUT2D eigenvalue weighted by molar-refractivity contribution is 7.92. The minimum Gasteiger partial charge on any atom is -0.508 e. The number of piperazine rings is 2. The molecule has 48 heavy (non-hydrogen) atoms. The summed E-state index contributed by atoms with van der Waals surface area (Å²) >= 11 is 0. The summed E-state index contributed by atoms with van der Waals surface area (Å²) in [6.45, 7) is 4.38. The van der Waals surface area contributed by atoms with Crippen molar-refractivity contribution in [2.75, 3.05) is 62.2 Å². The second-order valence-corrected chi connectivity index (χ2v) is 13.6. The molecule has 14 heteroatoms. The van der Waals surface area contributed by atoms with Gasteiger partial charge in [0, 0.05) is 63.7 Å². The number of hydrogen-bond donors (Lipinski definition) is 4. The monoisotopic (exact) mass is 670 g/mol. The van der Waals surface area contributed by atoms with Gasteiger partial charge in [-0.25, -0.2) is 18.4 Å². The summed E-state index contributed by atoms with van der Waals surface area (Å²) in [5, 5.41) is 22.6. The molecule has 0 aliphatic carbocycles. The number of hydrogen-bond acceptors (Lipinski definition) is 11. The number of rotatable bonds is 6. The van der Waals surface area contributed by atoms with Gasteiger partial charge in [0.25, 0.3) is 11.8 Å². The van der Waals surface area contributed by atoms with Crippen LogP contribution in [0.2, 0.25) is 0 Å². The number of carbonyl (C=O) groups excluding carboxylic acids is 2. The normalized spacial score (nSPS) is 17.5. The van der Waals surface area contributed by atoms with E-state index in [0.717, 1.165) is 11.4 Å². The molecule has 0 bridgehead atoms. The number of amides is 2. The van der Waals surface area contributed by atoms with Gasteiger partial charge in [-0.15, -0.1) is 0 Å². The molecule has 0 unspecified atom stereocenters. The lowest BCUT2D eigenvalue weighted by Crippen LogP contribution is -2.54. The van der Waals surface area contributed by atoms with Gasteiger partial charge in [-0.1, -0.05) is 12.1 Å². The third-order valence-electron chi connectivity index (χ3n) is 8.71. The van der Waals surface area contributed by atoms with Crippen molar-refractivity contribution in [1.82, 2.24) is 20.9 Å². The molecule has 0 aromatic heterocycles. The summed E-state index contributed by atoms with van der Waals surface area (Å²) in [5.41, 5.74) is 7.42. The van der Waals surface area contributed by atoms with Gasteiger partial charge in [0.1, 0.15) is 32.8 Å². The van der Waals surface area contributed by atoms with Crippen LogP contribution in [0.15, 0.2) is 94.7 Å². The van der Waals surface area contributed by atoms with Crippen LogP contribution in [-0.4, -0.2) is 92.8 Å². The van der Waals surface area contributed by atoms with Gasteiger partial charge < -0.3 is 24.7 Å². The zero-order valence-corrected chi connectivity index (χ0v) is 26.7. The Labute approximate surface area is 277 Å². The van der Waals surface area contributed by atoms with Gasteiger partial charge >= 0.3 is 0 Å². The van der Waals surface area contributed by atoms with Crippen molar-refractivity contribution in [2.45, 2.75) is 9.79 Å². The molecule has 2 amide bonds. The van der Waals surface area contributed by atoms with Gasteiger partial charge in [0.2, 0.25) is 9.84 Å². The molecule has 0 spiro atoms. The van der Waals surface area contributed by atoms with E-state index in [1.165, 1.54) is 24.3 Å². The fourth-order valence-electron chi connectivity index (χ4n) is 6.21. The first kappa shape index (κ1) is 31.3. The molecule has 4 aromatic rings. The van der Waals surface area contributed by atoms with Crippen LogP contribution in [0.5, 0.6) is 23.0 Å². The highest BCUT2D eigenvalue weighted by atomic mass is 32.2. The second kappa shape index (κ2) is 12.7. The zero-order valence-electron chi connectivity index (χ0n) is 25.9. The Bertz CT molecular complexity index is 1820. The van der Waals surface area contributed by atoms with E-state index in [1.54, 1.807) is 46.4 Å². The minimum absolute atomic E-state index is 0.00945. The van der Waals surface area contributed by atoms with Gasteiger partial charge in [0.15, 0.2) is 0 Å². The molecule has 2 saturated heterocycles. The summed E-state index contributed by atoms with van der Waals surface area (Å²) in [4.78, 5) is 30.8. The molecule has 0 radical (unpaired) electrons. The second-order valence-electron chi connectivity index (χ2n) is 11.7. The van der Waals surface area contributed by atoms with E-state index >= 15 is 0 Å². The number of carbonyl (C=O) groups is 2. The van der Waals surface area contributed by atoms with Crippen molar-refractivity contribution >= 4 is 33.0 Å². The van der Waals surface area contributed by atoms with E-state index in [1.807, 2.05) is 24.3 Å². The maximum atomic E-state index is 14.3. The third kappa shape index (κ3) is 6.08. The average molecular weight is 671 g/mol. The Kier molecular flexibility index (Phi) is 8.29. The predicted octanol–water partition coefficient (Wildman–Crippen LogP) is 2.97. The maximum Gasteiger partial charge on any atom is 0.267 e. The highest BCUT2D eigenvalue weighted by Gasteiger charge is 2.39. The molecule has 4 N–H and O–H groups in total. The third-order valence-corrected chi connectivity index (χ3v) is 10.6. The van der Waals surface area contributed by atoms with Crippen LogP contribution in [0.25, 0.3) is 0 Å². The highest BCUT2D eigenvalue weighted by Crippen LogP contribution is 2.45. The number of phenolic OH excluding ortho intramolecular Hbond substituents is 2. The first-order valence-corrected chi connectivity index (χ1v) is 17.0. The number of nitrogens with zero attached hydrogens (tertiary/aromatic N) is 4. The van der Waals surface area contributed by atoms with Crippen LogP contribution in [0.4, 0.5) is 11.4 Å². The molecule has 4 aromatic carbocycles. The maximum absolute atomic E-state index is 14.3. The Morgan fingerprint density at radius 1 is 0.562 bits per heavy atom. The SMILES string of the molecule is O=C(NN1CCN(c2ccc(O)cc2)CC1)c1cccc2c1S(=O)(=O)c1c(cccc1C(=O)NN1CCN(c3ccc(O)cc3)CC1)O2. The first-order chi connectivity index (χ1) is 23.2. The van der Waals surface area contributed by atoms with E-state index < -0.39 is 21.7 Å². The summed E-state index contributed by atoms with van der Waals surface area (Å²) < 4.78 is 34.5. The zero-order chi connectivity index (χ0) is 33.4. The van der Waals surface area contributed by atoms with Crippen LogP contribution >= 0.6 is 0 Å². The Morgan fingerprint density at radius 2 is 0.938 bits per heavy atom. The average Bonchev–Trinajstić information content (AvgIpc) is 3.09. The number of aromatic hydroxyl groups is 2. The number of sulfone groups is 1. The standard InChI is InChI=1S/C34H34N6O7S/c41-25-11-7-23(8-12-25)37-15-19-39(20-16-37)35-33(43)27-3-1-5-29-31(27)48(45,46)32-28(4-2-6-30(32)47-29)34(44)36-40-21-17-38(18-22-40)24-9-13-26(42)14-10-24/h1-14,41-42H,15-22H2,(H,35,43)(H,36,44). The van der Waals surface area contributed by atoms with Crippen LogP contribution in [0.1, 0.15) is 20.7 Å². The van der Waals surface area contributed by atoms with Crippen molar-refractivity contribution in [3.63, 3.8) is 0 Å². The number of hydrazine groups is 2. The van der Waals surface area contributed by atoms with Crippen LogP contribution in [0.3, 0.4) is 0 Å². The molecule has 3 heterocycles. The number of phenols is 2. The number of nitrogens with one attached hydrogen (secondary N) is 2. The summed E-state index contributed by atoms with van der Waals surface area (Å²) in [7, 11) is -4.37.